The molecule has 0 bridgehead atoms. The molecule has 7 nitrogen and oxygen atoms in total. The molecule has 0 saturated heterocycles. The number of carbonyl (C=O) groups is 2. The second-order valence-corrected chi connectivity index (χ2v) is 11.7. The lowest BCUT2D eigenvalue weighted by Crippen LogP contribution is -2.57. The molecule has 0 saturated carbocycles. The molecule has 2 aromatic rings. The van der Waals surface area contributed by atoms with Gasteiger partial charge in [-0.3, -0.25) is 13.9 Å². The van der Waals surface area contributed by atoms with Crippen molar-refractivity contribution in [1.29, 1.82) is 0 Å². The van der Waals surface area contributed by atoms with Crippen molar-refractivity contribution in [2.75, 3.05) is 10.9 Å². The highest BCUT2D eigenvalue weighted by Gasteiger charge is 2.53. The summed E-state index contributed by atoms with van der Waals surface area (Å²) in [6.07, 6.45) is -3.71. The van der Waals surface area contributed by atoms with E-state index in [9.17, 15) is 31.2 Å². The summed E-state index contributed by atoms with van der Waals surface area (Å²) in [6, 6.07) is 8.24. The van der Waals surface area contributed by atoms with Crippen LogP contribution in [0.2, 0.25) is 5.02 Å². The van der Waals surface area contributed by atoms with Crippen LogP contribution in [0.25, 0.3) is 5.57 Å². The fourth-order valence-electron chi connectivity index (χ4n) is 4.61. The summed E-state index contributed by atoms with van der Waals surface area (Å²) in [5.41, 5.74) is 1.35. The summed E-state index contributed by atoms with van der Waals surface area (Å²) in [7, 11) is -5.02. The third-order valence-electron chi connectivity index (χ3n) is 6.60. The van der Waals surface area contributed by atoms with Crippen molar-refractivity contribution in [2.45, 2.75) is 49.4 Å². The number of hydrogen-bond donors (Lipinski definition) is 1. The van der Waals surface area contributed by atoms with Gasteiger partial charge in [0.25, 0.3) is 15.0 Å². The smallest absolute Gasteiger partial charge is 0.409 e. The van der Waals surface area contributed by atoms with Gasteiger partial charge in [0.05, 0.1) is 18.7 Å². The predicted octanol–water partition coefficient (Wildman–Crippen LogP) is 5.11. The third-order valence-corrected chi connectivity index (χ3v) is 9.06. The number of ether oxygens (including phenoxy) is 1. The van der Waals surface area contributed by atoms with Crippen LogP contribution in [0.4, 0.5) is 23.2 Å². The Hall–Kier alpha value is -3.38. The number of carbonyl (C=O) groups excluding carboxylic acids is 2. The fraction of sp³-hybridized carbons (Fsp3) is 0.333. The van der Waals surface area contributed by atoms with Crippen LogP contribution in [0.15, 0.2) is 66.8 Å². The Labute approximate surface area is 233 Å². The number of alkyl halides is 4. The Morgan fingerprint density at radius 2 is 1.85 bits per heavy atom. The van der Waals surface area contributed by atoms with E-state index in [2.05, 4.69) is 4.74 Å². The predicted molar refractivity (Wildman–Crippen MR) is 142 cm³/mol. The van der Waals surface area contributed by atoms with Gasteiger partial charge < -0.3 is 10.1 Å². The van der Waals surface area contributed by atoms with Gasteiger partial charge in [0.15, 0.2) is 0 Å². The van der Waals surface area contributed by atoms with Gasteiger partial charge in [0.2, 0.25) is 5.91 Å². The first-order chi connectivity index (χ1) is 18.8. The Morgan fingerprint density at radius 3 is 2.48 bits per heavy atom. The molecule has 1 heterocycles. The van der Waals surface area contributed by atoms with Crippen molar-refractivity contribution in [3.63, 3.8) is 0 Å². The summed E-state index contributed by atoms with van der Waals surface area (Å²) in [6.45, 7) is 1.25. The molecule has 2 unspecified atom stereocenters. The van der Waals surface area contributed by atoms with Crippen LogP contribution in [0.1, 0.15) is 30.9 Å². The van der Waals surface area contributed by atoms with Crippen molar-refractivity contribution in [3.8, 4) is 0 Å². The number of fused-ring (bicyclic) bond motifs is 1. The Morgan fingerprint density at radius 1 is 1.18 bits per heavy atom. The number of sulfonamides is 1. The molecule has 0 fully saturated rings. The number of rotatable bonds is 8. The Kier molecular flexibility index (Phi) is 8.32. The molecule has 1 amide bonds. The minimum Gasteiger partial charge on any atom is -0.466 e. The molecular formula is C27H25ClF4N2O5S. The van der Waals surface area contributed by atoms with Gasteiger partial charge in [-0.1, -0.05) is 60.2 Å². The third kappa shape index (κ3) is 5.73. The number of benzene rings is 2. The maximum Gasteiger partial charge on any atom is 0.409 e. The molecule has 2 aromatic carbocycles. The van der Waals surface area contributed by atoms with Crippen LogP contribution >= 0.6 is 11.6 Å². The molecule has 1 N–H and O–H groups in total. The summed E-state index contributed by atoms with van der Waals surface area (Å²) in [4.78, 5) is 24.9. The van der Waals surface area contributed by atoms with Gasteiger partial charge in [0.1, 0.15) is 12.1 Å². The van der Waals surface area contributed by atoms with Crippen molar-refractivity contribution >= 4 is 44.8 Å². The van der Waals surface area contributed by atoms with Crippen molar-refractivity contribution in [2.24, 2.45) is 0 Å². The maximum atomic E-state index is 16.3. The van der Waals surface area contributed by atoms with E-state index in [0.29, 0.717) is 26.0 Å². The molecule has 0 radical (unpaired) electrons. The zero-order chi connectivity index (χ0) is 29.3. The number of nitrogens with zero attached hydrogens (tertiary/aromatic N) is 1. The van der Waals surface area contributed by atoms with Gasteiger partial charge in [-0.25, -0.2) is 12.8 Å². The van der Waals surface area contributed by atoms with E-state index in [1.165, 1.54) is 37.3 Å². The molecule has 13 heteroatoms. The maximum absolute atomic E-state index is 16.3. The summed E-state index contributed by atoms with van der Waals surface area (Å²) < 4.78 is 90.0. The Bertz CT molecular complexity index is 1480. The second-order valence-electron chi connectivity index (χ2n) is 9.22. The van der Waals surface area contributed by atoms with Crippen LogP contribution in [0, 0.1) is 0 Å². The van der Waals surface area contributed by atoms with Crippen molar-refractivity contribution in [3.05, 3.63) is 82.9 Å². The van der Waals surface area contributed by atoms with Gasteiger partial charge in [-0.05, 0) is 41.8 Å². The van der Waals surface area contributed by atoms with Crippen LogP contribution in [-0.2, 0) is 30.8 Å². The highest BCUT2D eigenvalue weighted by Crippen LogP contribution is 2.43. The topological polar surface area (TPSA) is 92.8 Å². The van der Waals surface area contributed by atoms with Gasteiger partial charge >= 0.3 is 12.1 Å². The van der Waals surface area contributed by atoms with Gasteiger partial charge in [0, 0.05) is 17.9 Å². The van der Waals surface area contributed by atoms with E-state index in [4.69, 9.17) is 11.6 Å². The van der Waals surface area contributed by atoms with E-state index < -0.39 is 58.0 Å². The number of esters is 1. The number of allylic oxidation sites excluding steroid dienone is 3. The van der Waals surface area contributed by atoms with E-state index in [1.54, 1.807) is 35.6 Å². The molecule has 214 valence electrons. The average Bonchev–Trinajstić information content (AvgIpc) is 3.29. The number of halogens is 5. The standard InChI is InChI=1S/C27H25ClF4N2O5S/c1-2-39-24(35)16-23(27(30,31)32)33-25(36)22-15-18-7-3-6-10-21(18)34(22)40(37,38)26(29)13-11-17(12-14-26)19-8-4-5-9-20(19)28/h3-13,22-23H,2,14-16H2,1H3,(H,33,36)/t22-,23?,26?/m0/s1. The van der Waals surface area contributed by atoms with E-state index in [0.717, 1.165) is 6.08 Å². The van der Waals surface area contributed by atoms with Crippen LogP contribution in [0.5, 0.6) is 0 Å². The first-order valence-corrected chi connectivity index (χ1v) is 14.1. The van der Waals surface area contributed by atoms with Gasteiger partial charge in [-0.2, -0.15) is 13.2 Å². The SMILES string of the molecule is CCOC(=O)CC(NC(=O)[C@@H]1Cc2ccccc2N1S(=O)(=O)C1(F)C=CC(c2ccccc2Cl)=CC1)C(F)(F)F. The first-order valence-electron chi connectivity index (χ1n) is 12.3. The quantitative estimate of drug-likeness (QED) is 0.336. The molecule has 40 heavy (non-hydrogen) atoms. The first kappa shape index (κ1) is 29.6. The highest BCUT2D eigenvalue weighted by molar-refractivity contribution is 7.94. The molecule has 0 aromatic heterocycles. The zero-order valence-corrected chi connectivity index (χ0v) is 22.7. The van der Waals surface area contributed by atoms with E-state index in [1.807, 2.05) is 0 Å². The van der Waals surface area contributed by atoms with Crippen molar-refractivity contribution in [1.82, 2.24) is 5.32 Å². The van der Waals surface area contributed by atoms with E-state index in [-0.39, 0.29) is 18.7 Å². The minimum absolute atomic E-state index is 0.0251. The zero-order valence-electron chi connectivity index (χ0n) is 21.1. The normalized spacial score (nSPS) is 21.4. The lowest BCUT2D eigenvalue weighted by atomic mass is 9.98. The molecular weight excluding hydrogens is 576 g/mol. The van der Waals surface area contributed by atoms with Gasteiger partial charge in [-0.15, -0.1) is 0 Å². The summed E-state index contributed by atoms with van der Waals surface area (Å²) in [5, 5.41) is -0.899. The number of para-hydroxylation sites is 1. The number of anilines is 1. The lowest BCUT2D eigenvalue weighted by molar-refractivity contribution is -0.172. The molecule has 1 aliphatic carbocycles. The highest BCUT2D eigenvalue weighted by atomic mass is 35.5. The number of hydrogen-bond acceptors (Lipinski definition) is 5. The second kappa shape index (κ2) is 11.2. The molecule has 2 aliphatic rings. The lowest BCUT2D eigenvalue weighted by Gasteiger charge is -2.34. The van der Waals surface area contributed by atoms with Crippen LogP contribution in [0.3, 0.4) is 0 Å². The molecule has 3 atom stereocenters. The molecule has 1 aliphatic heterocycles. The Balaban J connectivity index is 1.65. The summed E-state index contributed by atoms with van der Waals surface area (Å²) >= 11 is 6.21. The number of amides is 1. The molecule has 0 spiro atoms. The largest absolute Gasteiger partial charge is 0.466 e. The monoisotopic (exact) mass is 600 g/mol. The van der Waals surface area contributed by atoms with E-state index >= 15 is 4.39 Å². The van der Waals surface area contributed by atoms with Crippen molar-refractivity contribution < 1.29 is 40.3 Å². The fourth-order valence-corrected chi connectivity index (χ4v) is 6.65. The minimum atomic E-state index is -5.04. The van der Waals surface area contributed by atoms with Crippen LogP contribution < -0.4 is 9.62 Å². The number of nitrogens with one attached hydrogen (secondary N) is 1. The molecule has 4 rings (SSSR count). The summed E-state index contributed by atoms with van der Waals surface area (Å²) in [5.74, 6) is -2.53. The average molecular weight is 601 g/mol. The van der Waals surface area contributed by atoms with Crippen LogP contribution in [-0.4, -0.2) is 50.2 Å².